The van der Waals surface area contributed by atoms with Gasteiger partial charge >= 0.3 is 6.09 Å². The van der Waals surface area contributed by atoms with Crippen molar-refractivity contribution in [2.24, 2.45) is 17.6 Å². The Morgan fingerprint density at radius 2 is 1.85 bits per heavy atom. The van der Waals surface area contributed by atoms with Crippen LogP contribution in [0.2, 0.25) is 0 Å². The van der Waals surface area contributed by atoms with Crippen molar-refractivity contribution in [3.05, 3.63) is 71.0 Å². The Morgan fingerprint density at radius 3 is 2.42 bits per heavy atom. The van der Waals surface area contributed by atoms with Crippen molar-refractivity contribution < 1.29 is 38.5 Å². The molecule has 0 fully saturated rings. The van der Waals surface area contributed by atoms with Gasteiger partial charge in [0.05, 0.1) is 17.9 Å². The molecule has 0 aromatic rings. The molecule has 1 aliphatic carbocycles. The van der Waals surface area contributed by atoms with Gasteiger partial charge in [-0.2, -0.15) is 0 Å². The van der Waals surface area contributed by atoms with Crippen LogP contribution in [0.25, 0.3) is 0 Å². The first-order valence-corrected chi connectivity index (χ1v) is 13.0. The van der Waals surface area contributed by atoms with E-state index in [9.17, 15) is 24.3 Å². The number of ether oxygens (including phenoxy) is 3. The Balaban J connectivity index is 2.61. The maximum Gasteiger partial charge on any atom is 0.405 e. The second-order valence-electron chi connectivity index (χ2n) is 10.2. The van der Waals surface area contributed by atoms with E-state index in [1.165, 1.54) is 26.4 Å². The van der Waals surface area contributed by atoms with E-state index in [0.29, 0.717) is 12.0 Å². The number of carbonyl (C=O) groups is 4. The van der Waals surface area contributed by atoms with Crippen LogP contribution in [0.15, 0.2) is 71.0 Å². The Bertz CT molecular complexity index is 1180. The molecule has 0 spiro atoms. The second-order valence-corrected chi connectivity index (χ2v) is 10.2. The van der Waals surface area contributed by atoms with E-state index in [4.69, 9.17) is 19.9 Å². The minimum atomic E-state index is -0.999. The van der Waals surface area contributed by atoms with E-state index in [2.05, 4.69) is 11.9 Å². The molecule has 40 heavy (non-hydrogen) atoms. The highest BCUT2D eigenvalue weighted by molar-refractivity contribution is 6.24. The number of hydrogen-bond acceptors (Lipinski definition) is 8. The highest BCUT2D eigenvalue weighted by Gasteiger charge is 2.32. The predicted octanol–water partition coefficient (Wildman–Crippen LogP) is 2.99. The number of fused-ring (bicyclic) bond motifs is 2. The van der Waals surface area contributed by atoms with Crippen LogP contribution in [0.4, 0.5) is 4.79 Å². The minimum absolute atomic E-state index is 0.126. The highest BCUT2D eigenvalue weighted by Crippen LogP contribution is 2.29. The van der Waals surface area contributed by atoms with Crippen LogP contribution in [-0.2, 0) is 28.6 Å². The lowest BCUT2D eigenvalue weighted by Crippen LogP contribution is -2.37. The monoisotopic (exact) mass is 556 g/mol. The standard InChI is InChI=1S/C30H40N2O8/c1-8-20-21-12-16(2)13-25(39-7)26(34)18(4)14-19(5)28(40-30(31)37)24(38-6)11-9-10-17(3)29(36)32-22(27(21)35)15-23(20)33/h8-11,14-16,18,24-26,28,34H,1,12-13H2,2-7H3,(H2,31,37)(H,32,36)/b11-9-,17-10+,19-14+/t16-,18+,24+,25+,26-,28+/m1/s1. The number of nitrogens with two attached hydrogens (primary N) is 1. The van der Waals surface area contributed by atoms with Gasteiger partial charge in [0.2, 0.25) is 5.78 Å². The zero-order chi connectivity index (χ0) is 30.1. The number of aliphatic hydroxyl groups excluding tert-OH is 1. The molecule has 2 rings (SSSR count). The number of amides is 2. The number of methoxy groups -OCH3 is 2. The summed E-state index contributed by atoms with van der Waals surface area (Å²) < 4.78 is 16.5. The summed E-state index contributed by atoms with van der Waals surface area (Å²) in [7, 11) is 2.92. The van der Waals surface area contributed by atoms with E-state index < -0.39 is 53.9 Å². The zero-order valence-electron chi connectivity index (χ0n) is 23.9. The van der Waals surface area contributed by atoms with Crippen molar-refractivity contribution in [3.8, 4) is 0 Å². The van der Waals surface area contributed by atoms with Crippen LogP contribution in [0, 0.1) is 11.8 Å². The van der Waals surface area contributed by atoms with Gasteiger partial charge in [0, 0.05) is 42.9 Å². The Kier molecular flexibility index (Phi) is 12.0. The highest BCUT2D eigenvalue weighted by atomic mass is 16.6. The molecule has 0 radical (unpaired) electrons. The first-order valence-electron chi connectivity index (χ1n) is 13.0. The fourth-order valence-corrected chi connectivity index (χ4v) is 4.83. The van der Waals surface area contributed by atoms with Crippen LogP contribution >= 0.6 is 0 Å². The molecular weight excluding hydrogens is 516 g/mol. The molecule has 0 unspecified atom stereocenters. The molecule has 10 heteroatoms. The van der Waals surface area contributed by atoms with Gasteiger partial charge in [-0.3, -0.25) is 14.4 Å². The maximum atomic E-state index is 13.4. The van der Waals surface area contributed by atoms with Crippen LogP contribution < -0.4 is 11.1 Å². The average molecular weight is 557 g/mol. The summed E-state index contributed by atoms with van der Waals surface area (Å²) >= 11 is 0. The quantitative estimate of drug-likeness (QED) is 0.353. The van der Waals surface area contributed by atoms with Crippen molar-refractivity contribution in [1.29, 1.82) is 0 Å². The van der Waals surface area contributed by atoms with Gasteiger partial charge in [-0.25, -0.2) is 4.79 Å². The average Bonchev–Trinajstić information content (AvgIpc) is 2.90. The molecule has 1 aliphatic heterocycles. The molecule has 2 bridgehead atoms. The largest absolute Gasteiger partial charge is 0.439 e. The summed E-state index contributed by atoms with van der Waals surface area (Å²) in [6, 6.07) is 0. The van der Waals surface area contributed by atoms with Gasteiger partial charge in [-0.1, -0.05) is 50.8 Å². The number of Topliss-reactive ketones (excluding diaryl/α,β-unsaturated/α-hetero) is 1. The van der Waals surface area contributed by atoms with Gasteiger partial charge in [0.15, 0.2) is 11.9 Å². The van der Waals surface area contributed by atoms with Crippen LogP contribution in [-0.4, -0.2) is 67.3 Å². The fraction of sp³-hybridized carbons (Fsp3) is 0.467. The molecule has 0 saturated carbocycles. The molecule has 2 amide bonds. The summed E-state index contributed by atoms with van der Waals surface area (Å²) in [6.07, 6.45) is 5.15. The summed E-state index contributed by atoms with van der Waals surface area (Å²) in [5, 5.41) is 13.7. The fourth-order valence-electron chi connectivity index (χ4n) is 4.83. The summed E-state index contributed by atoms with van der Waals surface area (Å²) in [5.74, 6) is -2.09. The van der Waals surface area contributed by atoms with E-state index in [0.717, 1.165) is 6.08 Å². The van der Waals surface area contributed by atoms with Gasteiger partial charge < -0.3 is 30.4 Å². The van der Waals surface area contributed by atoms with E-state index >= 15 is 0 Å². The van der Waals surface area contributed by atoms with Crippen molar-refractivity contribution in [3.63, 3.8) is 0 Å². The molecule has 1 heterocycles. The molecule has 10 nitrogen and oxygen atoms in total. The molecule has 4 N–H and O–H groups in total. The van der Waals surface area contributed by atoms with E-state index in [1.807, 2.05) is 6.92 Å². The summed E-state index contributed by atoms with van der Waals surface area (Å²) in [5.41, 5.74) is 6.46. The third kappa shape index (κ3) is 8.20. The van der Waals surface area contributed by atoms with Crippen LogP contribution in [0.3, 0.4) is 0 Å². The Labute approximate surface area is 235 Å². The summed E-state index contributed by atoms with van der Waals surface area (Å²) in [6.45, 7) is 10.7. The normalized spacial score (nSPS) is 32.7. The minimum Gasteiger partial charge on any atom is -0.439 e. The molecule has 0 aromatic carbocycles. The zero-order valence-corrected chi connectivity index (χ0v) is 23.9. The lowest BCUT2D eigenvalue weighted by atomic mass is 9.83. The summed E-state index contributed by atoms with van der Waals surface area (Å²) in [4.78, 5) is 50.7. The van der Waals surface area contributed by atoms with Gasteiger partial charge in [-0.15, -0.1) is 0 Å². The Morgan fingerprint density at radius 1 is 1.18 bits per heavy atom. The van der Waals surface area contributed by atoms with Gasteiger partial charge in [0.1, 0.15) is 6.10 Å². The molecule has 2 aliphatic rings. The lowest BCUT2D eigenvalue weighted by molar-refractivity contribution is -0.120. The number of ketones is 2. The topological polar surface area (TPSA) is 154 Å². The first kappa shape index (κ1) is 32.6. The Hall–Kier alpha value is -3.60. The van der Waals surface area contributed by atoms with Crippen molar-refractivity contribution >= 4 is 23.6 Å². The predicted molar refractivity (Wildman–Crippen MR) is 150 cm³/mol. The van der Waals surface area contributed by atoms with Crippen molar-refractivity contribution in [2.75, 3.05) is 14.2 Å². The number of allylic oxidation sites excluding steroid dienone is 6. The molecule has 0 aromatic heterocycles. The number of rotatable bonds is 4. The number of nitrogens with one attached hydrogen (secondary N) is 1. The van der Waals surface area contributed by atoms with Crippen LogP contribution in [0.5, 0.6) is 0 Å². The van der Waals surface area contributed by atoms with E-state index in [-0.39, 0.29) is 34.8 Å². The van der Waals surface area contributed by atoms with Gasteiger partial charge in [0.25, 0.3) is 5.91 Å². The third-order valence-electron chi connectivity index (χ3n) is 7.04. The molecule has 218 valence electrons. The molecule has 0 saturated heterocycles. The number of aliphatic hydroxyl groups is 1. The molecule has 6 atom stereocenters. The third-order valence-corrected chi connectivity index (χ3v) is 7.04. The van der Waals surface area contributed by atoms with Crippen molar-refractivity contribution in [2.45, 2.75) is 65.0 Å². The van der Waals surface area contributed by atoms with Gasteiger partial charge in [-0.05, 0) is 38.2 Å². The SMILES string of the molecule is C=CC1=C2C[C@@H](C)C[C@H](OC)[C@H](O)[C@@H](C)/C=C(\C)[C@H](OC(N)=O)[C@@H](OC)/C=C\C=C(/C)C(=O)NC(=CC1=O)C2=O. The second kappa shape index (κ2) is 14.7. The number of hydrogen-bond donors (Lipinski definition) is 3. The first-order chi connectivity index (χ1) is 18.8. The number of primary amides is 1. The maximum absolute atomic E-state index is 13.4. The van der Waals surface area contributed by atoms with Crippen molar-refractivity contribution in [1.82, 2.24) is 5.32 Å². The van der Waals surface area contributed by atoms with Crippen LogP contribution in [0.1, 0.15) is 40.5 Å². The molecular formula is C30H40N2O8. The number of carbonyl (C=O) groups excluding carboxylic acids is 4. The lowest BCUT2D eigenvalue weighted by Gasteiger charge is -2.30. The smallest absolute Gasteiger partial charge is 0.405 e. The van der Waals surface area contributed by atoms with E-state index in [1.54, 1.807) is 39.0 Å².